The van der Waals surface area contributed by atoms with Crippen molar-refractivity contribution in [2.24, 2.45) is 0 Å². The Balaban J connectivity index is 2.29. The topological polar surface area (TPSA) is 38.3 Å². The van der Waals surface area contributed by atoms with E-state index >= 15 is 0 Å². The number of amides is 1. The van der Waals surface area contributed by atoms with Gasteiger partial charge in [-0.2, -0.15) is 0 Å². The van der Waals surface area contributed by atoms with Crippen LogP contribution in [-0.2, 0) is 4.79 Å². The van der Waals surface area contributed by atoms with E-state index in [1.807, 2.05) is 24.3 Å². The Bertz CT molecular complexity index is 338. The van der Waals surface area contributed by atoms with E-state index in [1.54, 1.807) is 7.11 Å². The van der Waals surface area contributed by atoms with Crippen LogP contribution in [0.4, 0.5) is 5.69 Å². The lowest BCUT2D eigenvalue weighted by atomic mass is 10.2. The summed E-state index contributed by atoms with van der Waals surface area (Å²) in [6.07, 6.45) is 3.88. The quantitative estimate of drug-likeness (QED) is 0.465. The number of anilines is 1. The maximum atomic E-state index is 11.6. The van der Waals surface area contributed by atoms with Gasteiger partial charge in [0.15, 0.2) is 0 Å². The van der Waals surface area contributed by atoms with Crippen molar-refractivity contribution in [3.8, 4) is 5.75 Å². The second-order valence-corrected chi connectivity index (χ2v) is 4.86. The largest absolute Gasteiger partial charge is 0.497 e. The van der Waals surface area contributed by atoms with Crippen molar-refractivity contribution < 1.29 is 9.53 Å². The molecule has 0 bridgehead atoms. The minimum absolute atomic E-state index is 0.0867. The summed E-state index contributed by atoms with van der Waals surface area (Å²) < 4.78 is 6.22. The Morgan fingerprint density at radius 3 is 2.53 bits per heavy atom. The lowest BCUT2D eigenvalue weighted by Gasteiger charge is -2.06. The fourth-order valence-electron chi connectivity index (χ4n) is 1.45. The van der Waals surface area contributed by atoms with Crippen LogP contribution in [0.1, 0.15) is 25.7 Å². The van der Waals surface area contributed by atoms with Crippen LogP contribution in [0.15, 0.2) is 24.3 Å². The number of carbonyl (C=O) groups excluding carboxylic acids is 1. The standard InChI is InChI=1S/C13H18INO2/c1-17-12-8-6-11(7-9-12)15-13(16)5-3-2-4-10-14/h6-9H,2-5,10H2,1H3,(H,15,16). The molecule has 0 radical (unpaired) electrons. The van der Waals surface area contributed by atoms with Crippen molar-refractivity contribution in [2.45, 2.75) is 25.7 Å². The maximum Gasteiger partial charge on any atom is 0.224 e. The third-order valence-electron chi connectivity index (χ3n) is 2.41. The van der Waals surface area contributed by atoms with Crippen LogP contribution in [0.5, 0.6) is 5.75 Å². The van der Waals surface area contributed by atoms with Gasteiger partial charge < -0.3 is 10.1 Å². The molecule has 0 aromatic heterocycles. The second kappa shape index (κ2) is 8.33. The van der Waals surface area contributed by atoms with E-state index in [2.05, 4.69) is 27.9 Å². The minimum Gasteiger partial charge on any atom is -0.497 e. The number of methoxy groups -OCH3 is 1. The van der Waals surface area contributed by atoms with Gasteiger partial charge in [0.1, 0.15) is 5.75 Å². The molecule has 0 atom stereocenters. The fourth-order valence-corrected chi connectivity index (χ4v) is 1.99. The van der Waals surface area contributed by atoms with Gasteiger partial charge in [0.2, 0.25) is 5.91 Å². The van der Waals surface area contributed by atoms with Crippen molar-refractivity contribution in [2.75, 3.05) is 16.9 Å². The molecule has 94 valence electrons. The summed E-state index contributed by atoms with van der Waals surface area (Å²) in [5.74, 6) is 0.883. The fraction of sp³-hybridized carbons (Fsp3) is 0.462. The first-order chi connectivity index (χ1) is 8.26. The van der Waals surface area contributed by atoms with Gasteiger partial charge in [-0.25, -0.2) is 0 Å². The Morgan fingerprint density at radius 2 is 1.94 bits per heavy atom. The lowest BCUT2D eigenvalue weighted by Crippen LogP contribution is -2.10. The van der Waals surface area contributed by atoms with E-state index in [0.717, 1.165) is 28.7 Å². The Morgan fingerprint density at radius 1 is 1.24 bits per heavy atom. The number of ether oxygens (including phenoxy) is 1. The SMILES string of the molecule is COc1ccc(NC(=O)CCCCCI)cc1. The predicted octanol–water partition coefficient (Wildman–Crippen LogP) is 3.63. The van der Waals surface area contributed by atoms with Gasteiger partial charge in [-0.3, -0.25) is 4.79 Å². The zero-order valence-electron chi connectivity index (χ0n) is 10.0. The summed E-state index contributed by atoms with van der Waals surface area (Å²) in [6.45, 7) is 0. The molecule has 0 saturated carbocycles. The molecule has 0 aliphatic heterocycles. The Kier molecular flexibility index (Phi) is 7.00. The second-order valence-electron chi connectivity index (χ2n) is 3.78. The van der Waals surface area contributed by atoms with Crippen LogP contribution < -0.4 is 10.1 Å². The summed E-state index contributed by atoms with van der Waals surface area (Å²) in [7, 11) is 1.63. The molecule has 0 heterocycles. The van der Waals surface area contributed by atoms with Gasteiger partial charge in [0, 0.05) is 12.1 Å². The third-order valence-corrected chi connectivity index (χ3v) is 3.17. The average Bonchev–Trinajstić information content (AvgIpc) is 2.36. The van der Waals surface area contributed by atoms with Crippen molar-refractivity contribution in [1.29, 1.82) is 0 Å². The number of carbonyl (C=O) groups is 1. The van der Waals surface area contributed by atoms with Crippen LogP contribution in [0, 0.1) is 0 Å². The van der Waals surface area contributed by atoms with Gasteiger partial charge in [-0.15, -0.1) is 0 Å². The van der Waals surface area contributed by atoms with Crippen molar-refractivity contribution >= 4 is 34.2 Å². The summed E-state index contributed by atoms with van der Waals surface area (Å²) >= 11 is 2.36. The summed E-state index contributed by atoms with van der Waals surface area (Å²) in [4.78, 5) is 11.6. The van der Waals surface area contributed by atoms with Crippen molar-refractivity contribution in [3.63, 3.8) is 0 Å². The molecule has 4 heteroatoms. The Hall–Kier alpha value is -0.780. The third kappa shape index (κ3) is 5.91. The first kappa shape index (κ1) is 14.3. The molecule has 0 unspecified atom stereocenters. The predicted molar refractivity (Wildman–Crippen MR) is 79.0 cm³/mol. The molecule has 3 nitrogen and oxygen atoms in total. The van der Waals surface area contributed by atoms with E-state index in [9.17, 15) is 4.79 Å². The number of halogens is 1. The number of unbranched alkanes of at least 4 members (excludes halogenated alkanes) is 2. The highest BCUT2D eigenvalue weighted by molar-refractivity contribution is 14.1. The molecule has 1 rings (SSSR count). The van der Waals surface area contributed by atoms with Gasteiger partial charge >= 0.3 is 0 Å². The van der Waals surface area contributed by atoms with Gasteiger partial charge in [-0.05, 0) is 41.5 Å². The molecular formula is C13H18INO2. The van der Waals surface area contributed by atoms with E-state index < -0.39 is 0 Å². The summed E-state index contributed by atoms with van der Waals surface area (Å²) in [5, 5.41) is 2.87. The highest BCUT2D eigenvalue weighted by Gasteiger charge is 2.02. The zero-order valence-corrected chi connectivity index (χ0v) is 12.2. The molecule has 0 spiro atoms. The number of hydrogen-bond donors (Lipinski definition) is 1. The van der Waals surface area contributed by atoms with Crippen LogP contribution in [-0.4, -0.2) is 17.4 Å². The van der Waals surface area contributed by atoms with E-state index in [4.69, 9.17) is 4.74 Å². The van der Waals surface area contributed by atoms with Crippen LogP contribution in [0.3, 0.4) is 0 Å². The van der Waals surface area contributed by atoms with Crippen molar-refractivity contribution in [3.05, 3.63) is 24.3 Å². The Labute approximate surface area is 116 Å². The number of hydrogen-bond acceptors (Lipinski definition) is 2. The molecule has 0 saturated heterocycles. The lowest BCUT2D eigenvalue weighted by molar-refractivity contribution is -0.116. The number of benzene rings is 1. The van der Waals surface area contributed by atoms with Gasteiger partial charge in [0.25, 0.3) is 0 Å². The van der Waals surface area contributed by atoms with Crippen LogP contribution in [0.25, 0.3) is 0 Å². The number of rotatable bonds is 7. The molecule has 0 aliphatic rings. The van der Waals surface area contributed by atoms with E-state index in [-0.39, 0.29) is 5.91 Å². The van der Waals surface area contributed by atoms with Crippen LogP contribution >= 0.6 is 22.6 Å². The maximum absolute atomic E-state index is 11.6. The molecule has 1 amide bonds. The van der Waals surface area contributed by atoms with E-state index in [0.29, 0.717) is 6.42 Å². The summed E-state index contributed by atoms with van der Waals surface area (Å²) in [5.41, 5.74) is 0.824. The average molecular weight is 347 g/mol. The van der Waals surface area contributed by atoms with E-state index in [1.165, 1.54) is 6.42 Å². The molecule has 1 N–H and O–H groups in total. The van der Waals surface area contributed by atoms with Crippen LogP contribution in [0.2, 0.25) is 0 Å². The molecule has 1 aromatic rings. The summed E-state index contributed by atoms with van der Waals surface area (Å²) in [6, 6.07) is 7.38. The normalized spacial score (nSPS) is 10.0. The van der Waals surface area contributed by atoms with Gasteiger partial charge in [0.05, 0.1) is 7.11 Å². The molecule has 17 heavy (non-hydrogen) atoms. The number of nitrogens with one attached hydrogen (secondary N) is 1. The molecular weight excluding hydrogens is 329 g/mol. The highest BCUT2D eigenvalue weighted by atomic mass is 127. The van der Waals surface area contributed by atoms with Gasteiger partial charge in [-0.1, -0.05) is 29.0 Å². The molecule has 1 aromatic carbocycles. The zero-order chi connectivity index (χ0) is 12.5. The monoisotopic (exact) mass is 347 g/mol. The first-order valence-corrected chi connectivity index (χ1v) is 7.28. The first-order valence-electron chi connectivity index (χ1n) is 5.76. The number of alkyl halides is 1. The molecule has 0 fully saturated rings. The smallest absolute Gasteiger partial charge is 0.224 e. The molecule has 0 aliphatic carbocycles. The van der Waals surface area contributed by atoms with Crippen molar-refractivity contribution in [1.82, 2.24) is 0 Å². The minimum atomic E-state index is 0.0867. The highest BCUT2D eigenvalue weighted by Crippen LogP contribution is 2.15.